The zero-order valence-corrected chi connectivity index (χ0v) is 13.2. The summed E-state index contributed by atoms with van der Waals surface area (Å²) in [7, 11) is 0. The summed E-state index contributed by atoms with van der Waals surface area (Å²) in [6, 6.07) is 5.72. The van der Waals surface area contributed by atoms with Gasteiger partial charge in [0.25, 0.3) is 5.69 Å². The number of piperazine rings is 1. The quantitative estimate of drug-likeness (QED) is 0.271. The first kappa shape index (κ1) is 17.9. The number of anilines is 2. The van der Waals surface area contributed by atoms with Crippen LogP contribution in [0.5, 0.6) is 0 Å². The Kier molecular flexibility index (Phi) is 4.66. The van der Waals surface area contributed by atoms with Gasteiger partial charge in [-0.1, -0.05) is 0 Å². The van der Waals surface area contributed by atoms with Gasteiger partial charge in [-0.2, -0.15) is 0 Å². The zero-order valence-electron chi connectivity index (χ0n) is 13.2. The van der Waals surface area contributed by atoms with Crippen molar-refractivity contribution in [1.82, 2.24) is 0 Å². The standard InChI is InChI=1S/C16H12F5N3O2/c17-11-12(18)14(20)16(15(21)13(11)19)23-7-5-22(6-8-23)9-1-3-10(4-2-9)24(25)26/h1-4H,5-8H2. The Hall–Kier alpha value is -2.91. The molecule has 26 heavy (non-hydrogen) atoms. The third-order valence-electron chi connectivity index (χ3n) is 4.21. The molecule has 10 heteroatoms. The molecule has 1 saturated heterocycles. The SMILES string of the molecule is O=[N+]([O-])c1ccc(N2CCN(c3c(F)c(F)c(F)c(F)c3F)CC2)cc1. The number of nitrogens with zero attached hydrogens (tertiary/aromatic N) is 3. The fourth-order valence-electron chi connectivity index (χ4n) is 2.84. The predicted octanol–water partition coefficient (Wildman–Crippen LogP) is 3.62. The summed E-state index contributed by atoms with van der Waals surface area (Å²) in [4.78, 5) is 13.0. The maximum Gasteiger partial charge on any atom is 0.269 e. The van der Waals surface area contributed by atoms with Gasteiger partial charge in [-0.15, -0.1) is 0 Å². The first-order valence-electron chi connectivity index (χ1n) is 7.57. The maximum atomic E-state index is 13.9. The predicted molar refractivity (Wildman–Crippen MR) is 83.8 cm³/mol. The second-order valence-corrected chi connectivity index (χ2v) is 5.67. The van der Waals surface area contributed by atoms with E-state index in [0.717, 1.165) is 4.90 Å². The molecule has 0 unspecified atom stereocenters. The summed E-state index contributed by atoms with van der Waals surface area (Å²) < 4.78 is 67.6. The summed E-state index contributed by atoms with van der Waals surface area (Å²) in [6.45, 7) is 0.541. The highest BCUT2D eigenvalue weighted by Crippen LogP contribution is 2.31. The molecule has 0 N–H and O–H groups in total. The number of hydrogen-bond donors (Lipinski definition) is 0. The van der Waals surface area contributed by atoms with Crippen molar-refractivity contribution in [2.75, 3.05) is 36.0 Å². The molecule has 0 aromatic heterocycles. The van der Waals surface area contributed by atoms with E-state index < -0.39 is 39.7 Å². The summed E-state index contributed by atoms with van der Waals surface area (Å²) in [5, 5.41) is 10.7. The number of hydrogen-bond acceptors (Lipinski definition) is 4. The van der Waals surface area contributed by atoms with E-state index in [4.69, 9.17) is 0 Å². The van der Waals surface area contributed by atoms with Crippen LogP contribution in [-0.2, 0) is 0 Å². The molecule has 138 valence electrons. The molecule has 0 aliphatic carbocycles. The summed E-state index contributed by atoms with van der Waals surface area (Å²) in [5.41, 5.74) is -0.355. The third-order valence-corrected chi connectivity index (χ3v) is 4.21. The Bertz CT molecular complexity index is 823. The number of nitro groups is 1. The fourth-order valence-corrected chi connectivity index (χ4v) is 2.84. The lowest BCUT2D eigenvalue weighted by Crippen LogP contribution is -2.47. The maximum absolute atomic E-state index is 13.9. The number of benzene rings is 2. The van der Waals surface area contributed by atoms with Gasteiger partial charge in [-0.3, -0.25) is 10.1 Å². The second kappa shape index (κ2) is 6.77. The van der Waals surface area contributed by atoms with Crippen LogP contribution in [0.15, 0.2) is 24.3 Å². The molecule has 2 aromatic rings. The van der Waals surface area contributed by atoms with Crippen LogP contribution in [0.2, 0.25) is 0 Å². The van der Waals surface area contributed by atoms with E-state index >= 15 is 0 Å². The largest absolute Gasteiger partial charge is 0.368 e. The molecule has 0 saturated carbocycles. The summed E-state index contributed by atoms with van der Waals surface area (Å²) in [5.74, 6) is -9.85. The number of nitro benzene ring substituents is 1. The smallest absolute Gasteiger partial charge is 0.269 e. The molecule has 0 bridgehead atoms. The van der Waals surface area contributed by atoms with Gasteiger partial charge in [0.05, 0.1) is 4.92 Å². The van der Waals surface area contributed by atoms with E-state index in [1.54, 1.807) is 4.90 Å². The molecule has 1 fully saturated rings. The zero-order chi connectivity index (χ0) is 19.0. The van der Waals surface area contributed by atoms with Gasteiger partial charge in [0.1, 0.15) is 5.69 Å². The molecular formula is C16H12F5N3O2. The first-order valence-corrected chi connectivity index (χ1v) is 7.57. The third kappa shape index (κ3) is 3.02. The van der Waals surface area contributed by atoms with E-state index in [1.165, 1.54) is 24.3 Å². The minimum atomic E-state index is -2.19. The molecule has 0 spiro atoms. The Morgan fingerprint density at radius 1 is 0.731 bits per heavy atom. The highest BCUT2D eigenvalue weighted by Gasteiger charge is 2.30. The number of rotatable bonds is 3. The Labute approximate surface area is 144 Å². The van der Waals surface area contributed by atoms with E-state index in [1.807, 2.05) is 0 Å². The lowest BCUT2D eigenvalue weighted by atomic mass is 10.2. The molecule has 5 nitrogen and oxygen atoms in total. The molecule has 0 radical (unpaired) electrons. The van der Waals surface area contributed by atoms with Crippen LogP contribution in [0.25, 0.3) is 0 Å². The topological polar surface area (TPSA) is 49.6 Å². The highest BCUT2D eigenvalue weighted by atomic mass is 19.2. The van der Waals surface area contributed by atoms with Crippen molar-refractivity contribution in [3.8, 4) is 0 Å². The first-order chi connectivity index (χ1) is 12.3. The summed E-state index contributed by atoms with van der Waals surface area (Å²) in [6.07, 6.45) is 0. The Morgan fingerprint density at radius 3 is 1.62 bits per heavy atom. The van der Waals surface area contributed by atoms with Gasteiger partial charge in [-0.25, -0.2) is 22.0 Å². The molecule has 0 amide bonds. The van der Waals surface area contributed by atoms with Crippen molar-refractivity contribution in [3.63, 3.8) is 0 Å². The van der Waals surface area contributed by atoms with E-state index in [9.17, 15) is 32.1 Å². The lowest BCUT2D eigenvalue weighted by Gasteiger charge is -2.37. The average molecular weight is 373 g/mol. The number of non-ortho nitro benzene ring substituents is 1. The highest BCUT2D eigenvalue weighted by molar-refractivity contribution is 5.55. The average Bonchev–Trinajstić information content (AvgIpc) is 2.65. The minimum Gasteiger partial charge on any atom is -0.368 e. The van der Waals surface area contributed by atoms with Gasteiger partial charge >= 0.3 is 0 Å². The molecule has 0 atom stereocenters. The van der Waals surface area contributed by atoms with Crippen LogP contribution in [-0.4, -0.2) is 31.1 Å². The minimum absolute atomic E-state index is 0.0232. The van der Waals surface area contributed by atoms with Gasteiger partial charge in [0.15, 0.2) is 23.3 Å². The van der Waals surface area contributed by atoms with Crippen LogP contribution < -0.4 is 9.80 Å². The number of halogens is 5. The van der Waals surface area contributed by atoms with Crippen molar-refractivity contribution in [3.05, 3.63) is 63.5 Å². The second-order valence-electron chi connectivity index (χ2n) is 5.67. The molecule has 1 heterocycles. The Balaban J connectivity index is 1.78. The van der Waals surface area contributed by atoms with Crippen molar-refractivity contribution in [1.29, 1.82) is 0 Å². The molecular weight excluding hydrogens is 361 g/mol. The Morgan fingerprint density at radius 2 is 1.15 bits per heavy atom. The van der Waals surface area contributed by atoms with Crippen LogP contribution in [0.3, 0.4) is 0 Å². The van der Waals surface area contributed by atoms with Crippen molar-refractivity contribution >= 4 is 17.1 Å². The lowest BCUT2D eigenvalue weighted by molar-refractivity contribution is -0.384. The molecule has 1 aliphatic rings. The van der Waals surface area contributed by atoms with E-state index in [0.29, 0.717) is 5.69 Å². The van der Waals surface area contributed by atoms with Gasteiger partial charge in [0.2, 0.25) is 5.82 Å². The van der Waals surface area contributed by atoms with Crippen LogP contribution in [0, 0.1) is 39.2 Å². The molecule has 1 aliphatic heterocycles. The van der Waals surface area contributed by atoms with E-state index in [-0.39, 0.29) is 31.9 Å². The molecule has 3 rings (SSSR count). The normalized spacial score (nSPS) is 14.7. The van der Waals surface area contributed by atoms with Crippen LogP contribution in [0.1, 0.15) is 0 Å². The van der Waals surface area contributed by atoms with Gasteiger partial charge in [0, 0.05) is 44.0 Å². The monoisotopic (exact) mass is 373 g/mol. The van der Waals surface area contributed by atoms with Crippen molar-refractivity contribution in [2.24, 2.45) is 0 Å². The van der Waals surface area contributed by atoms with Crippen molar-refractivity contribution < 1.29 is 26.9 Å². The van der Waals surface area contributed by atoms with Crippen LogP contribution >= 0.6 is 0 Å². The van der Waals surface area contributed by atoms with E-state index in [2.05, 4.69) is 0 Å². The van der Waals surface area contributed by atoms with Crippen LogP contribution in [0.4, 0.5) is 39.0 Å². The summed E-state index contributed by atoms with van der Waals surface area (Å²) >= 11 is 0. The van der Waals surface area contributed by atoms with Crippen molar-refractivity contribution in [2.45, 2.75) is 0 Å². The van der Waals surface area contributed by atoms with Gasteiger partial charge < -0.3 is 9.80 Å². The van der Waals surface area contributed by atoms with Gasteiger partial charge in [-0.05, 0) is 12.1 Å². The molecule has 2 aromatic carbocycles. The fraction of sp³-hybridized carbons (Fsp3) is 0.250.